The van der Waals surface area contributed by atoms with E-state index in [1.54, 1.807) is 0 Å². The van der Waals surface area contributed by atoms with E-state index < -0.39 is 17.6 Å². The van der Waals surface area contributed by atoms with Gasteiger partial charge in [-0.15, -0.1) is 0 Å². The second kappa shape index (κ2) is 4.90. The van der Waals surface area contributed by atoms with Gasteiger partial charge in [0.1, 0.15) is 11.4 Å². The van der Waals surface area contributed by atoms with Crippen LogP contribution in [-0.4, -0.2) is 9.97 Å². The van der Waals surface area contributed by atoms with Gasteiger partial charge in [0.25, 0.3) is 0 Å². The lowest BCUT2D eigenvalue weighted by atomic mass is 10.2. The van der Waals surface area contributed by atoms with Gasteiger partial charge in [0.2, 0.25) is 0 Å². The predicted molar refractivity (Wildman–Crippen MR) is 72.0 cm³/mol. The lowest BCUT2D eigenvalue weighted by molar-refractivity contribution is -0.136. The number of rotatable bonds is 2. The molecule has 0 atom stereocenters. The number of ether oxygens (including phenoxy) is 1. The zero-order valence-corrected chi connectivity index (χ0v) is 10.9. The fraction of sp³-hybridized carbons (Fsp3) is 0.0714. The molecule has 2 aromatic heterocycles. The molecule has 0 radical (unpaired) electrons. The van der Waals surface area contributed by atoms with E-state index in [4.69, 9.17) is 10.5 Å². The maximum Gasteiger partial charge on any atom is 0.418 e. The van der Waals surface area contributed by atoms with Gasteiger partial charge in [-0.2, -0.15) is 13.2 Å². The van der Waals surface area contributed by atoms with Crippen molar-refractivity contribution in [2.75, 3.05) is 5.73 Å². The Morgan fingerprint density at radius 1 is 1.14 bits per heavy atom. The van der Waals surface area contributed by atoms with Crippen LogP contribution in [0.3, 0.4) is 0 Å². The summed E-state index contributed by atoms with van der Waals surface area (Å²) in [7, 11) is 0. The molecule has 0 saturated heterocycles. The zero-order chi connectivity index (χ0) is 15.9. The third kappa shape index (κ3) is 2.43. The van der Waals surface area contributed by atoms with Gasteiger partial charge in [0.15, 0.2) is 11.6 Å². The van der Waals surface area contributed by atoms with Crippen LogP contribution < -0.4 is 10.5 Å². The third-order valence-corrected chi connectivity index (χ3v) is 3.02. The molecule has 0 aliphatic rings. The number of anilines is 1. The molecule has 114 valence electrons. The van der Waals surface area contributed by atoms with Gasteiger partial charge in [0.05, 0.1) is 10.9 Å². The molecule has 4 nitrogen and oxygen atoms in total. The van der Waals surface area contributed by atoms with Crippen molar-refractivity contribution in [2.24, 2.45) is 0 Å². The van der Waals surface area contributed by atoms with Crippen LogP contribution in [0.25, 0.3) is 11.0 Å². The summed E-state index contributed by atoms with van der Waals surface area (Å²) in [6, 6.07) is 4.89. The molecule has 0 unspecified atom stereocenters. The van der Waals surface area contributed by atoms with E-state index in [-0.39, 0.29) is 28.2 Å². The van der Waals surface area contributed by atoms with Crippen molar-refractivity contribution in [1.29, 1.82) is 0 Å². The molecule has 2 heterocycles. The topological polar surface area (TPSA) is 63.9 Å². The second-order valence-electron chi connectivity index (χ2n) is 4.52. The highest BCUT2D eigenvalue weighted by Crippen LogP contribution is 2.40. The molecule has 0 spiro atoms. The number of alkyl halides is 3. The van der Waals surface area contributed by atoms with Crippen LogP contribution in [0, 0.1) is 5.82 Å². The van der Waals surface area contributed by atoms with Gasteiger partial charge in [-0.1, -0.05) is 0 Å². The van der Waals surface area contributed by atoms with Crippen LogP contribution in [-0.2, 0) is 6.18 Å². The summed E-state index contributed by atoms with van der Waals surface area (Å²) in [4.78, 5) is 6.22. The number of aromatic nitrogens is 2. The average Bonchev–Trinajstić information content (AvgIpc) is 2.86. The minimum Gasteiger partial charge on any atom is -0.453 e. The minimum atomic E-state index is -4.58. The third-order valence-electron chi connectivity index (χ3n) is 3.02. The largest absolute Gasteiger partial charge is 0.453 e. The van der Waals surface area contributed by atoms with Gasteiger partial charge in [-0.05, 0) is 18.2 Å². The molecule has 1 aromatic carbocycles. The van der Waals surface area contributed by atoms with E-state index in [0.29, 0.717) is 0 Å². The van der Waals surface area contributed by atoms with Gasteiger partial charge in [-0.3, -0.25) is 0 Å². The molecule has 22 heavy (non-hydrogen) atoms. The Labute approximate surface area is 121 Å². The molecular weight excluding hydrogens is 302 g/mol. The number of H-pyrrole nitrogens is 1. The monoisotopic (exact) mass is 311 g/mol. The lowest BCUT2D eigenvalue weighted by Gasteiger charge is -2.10. The summed E-state index contributed by atoms with van der Waals surface area (Å²) in [6.45, 7) is 0. The van der Waals surface area contributed by atoms with Crippen LogP contribution >= 0.6 is 0 Å². The number of nitrogens with one attached hydrogen (secondary N) is 1. The highest BCUT2D eigenvalue weighted by atomic mass is 19.4. The Morgan fingerprint density at radius 2 is 1.91 bits per heavy atom. The summed E-state index contributed by atoms with van der Waals surface area (Å²) < 4.78 is 58.1. The highest BCUT2D eigenvalue weighted by molar-refractivity contribution is 5.87. The lowest BCUT2D eigenvalue weighted by Crippen LogP contribution is -2.04. The quantitative estimate of drug-likeness (QED) is 0.553. The summed E-state index contributed by atoms with van der Waals surface area (Å²) >= 11 is 0. The zero-order valence-electron chi connectivity index (χ0n) is 10.9. The fourth-order valence-electron chi connectivity index (χ4n) is 2.05. The number of hydrogen-bond donors (Lipinski definition) is 2. The molecule has 0 saturated carbocycles. The van der Waals surface area contributed by atoms with Crippen molar-refractivity contribution in [1.82, 2.24) is 9.97 Å². The number of nitrogen functional groups attached to an aromatic ring is 1. The van der Waals surface area contributed by atoms with Gasteiger partial charge in [-0.25, -0.2) is 9.37 Å². The first-order valence-electron chi connectivity index (χ1n) is 6.12. The molecule has 0 aliphatic carbocycles. The standard InChI is InChI=1S/C14H9F4N3O/c15-9-5-7(19)1-2-10(9)22-11-3-4-20-13-12(11)8(6-21-13)14(16,17)18/h1-6H,19H2,(H,20,21). The van der Waals surface area contributed by atoms with Crippen LogP contribution in [0.2, 0.25) is 0 Å². The number of fused-ring (bicyclic) bond motifs is 1. The van der Waals surface area contributed by atoms with Crippen molar-refractivity contribution in [2.45, 2.75) is 6.18 Å². The summed E-state index contributed by atoms with van der Waals surface area (Å²) in [5, 5.41) is -0.258. The molecule has 0 fully saturated rings. The fourth-order valence-corrected chi connectivity index (χ4v) is 2.05. The highest BCUT2D eigenvalue weighted by Gasteiger charge is 2.35. The van der Waals surface area contributed by atoms with Crippen molar-refractivity contribution < 1.29 is 22.3 Å². The number of benzene rings is 1. The van der Waals surface area contributed by atoms with Crippen molar-refractivity contribution in [3.8, 4) is 11.5 Å². The van der Waals surface area contributed by atoms with Crippen molar-refractivity contribution in [3.63, 3.8) is 0 Å². The van der Waals surface area contributed by atoms with E-state index in [2.05, 4.69) is 9.97 Å². The number of halogens is 4. The van der Waals surface area contributed by atoms with Gasteiger partial charge in [0, 0.05) is 24.1 Å². The van der Waals surface area contributed by atoms with E-state index in [9.17, 15) is 17.6 Å². The van der Waals surface area contributed by atoms with E-state index in [0.717, 1.165) is 12.3 Å². The molecule has 8 heteroatoms. The Morgan fingerprint density at radius 3 is 2.59 bits per heavy atom. The van der Waals surface area contributed by atoms with E-state index in [1.807, 2.05) is 0 Å². The average molecular weight is 311 g/mol. The number of hydrogen-bond acceptors (Lipinski definition) is 3. The molecule has 0 aliphatic heterocycles. The Kier molecular flexibility index (Phi) is 3.16. The molecule has 3 rings (SSSR count). The second-order valence-corrected chi connectivity index (χ2v) is 4.52. The number of nitrogens with zero attached hydrogens (tertiary/aromatic N) is 1. The van der Waals surface area contributed by atoms with Crippen LogP contribution in [0.15, 0.2) is 36.7 Å². The van der Waals surface area contributed by atoms with Crippen LogP contribution in [0.4, 0.5) is 23.2 Å². The molecule has 0 bridgehead atoms. The Bertz CT molecular complexity index is 842. The van der Waals surface area contributed by atoms with Crippen LogP contribution in [0.5, 0.6) is 11.5 Å². The summed E-state index contributed by atoms with van der Waals surface area (Å²) in [5.74, 6) is -1.15. The number of aromatic amines is 1. The molecule has 3 aromatic rings. The SMILES string of the molecule is Nc1ccc(Oc2ccnc3[nH]cc(C(F)(F)F)c23)c(F)c1. The molecule has 0 amide bonds. The first-order valence-corrected chi connectivity index (χ1v) is 6.12. The Hall–Kier alpha value is -2.77. The first-order chi connectivity index (χ1) is 10.4. The minimum absolute atomic E-state index is 0.000628. The normalized spacial score (nSPS) is 11.8. The number of nitrogens with two attached hydrogens (primary N) is 1. The van der Waals surface area contributed by atoms with Crippen molar-refractivity contribution in [3.05, 3.63) is 48.0 Å². The summed E-state index contributed by atoms with van der Waals surface area (Å²) in [5.41, 5.74) is 4.67. The Balaban J connectivity index is 2.13. The van der Waals surface area contributed by atoms with Gasteiger partial charge >= 0.3 is 6.18 Å². The smallest absolute Gasteiger partial charge is 0.418 e. The van der Waals surface area contributed by atoms with Gasteiger partial charge < -0.3 is 15.5 Å². The predicted octanol–water partition coefficient (Wildman–Crippen LogP) is 4.10. The number of pyridine rings is 1. The van der Waals surface area contributed by atoms with Crippen LogP contribution in [0.1, 0.15) is 5.56 Å². The van der Waals surface area contributed by atoms with E-state index >= 15 is 0 Å². The van der Waals surface area contributed by atoms with Crippen molar-refractivity contribution >= 4 is 16.7 Å². The molecule has 3 N–H and O–H groups in total. The maximum absolute atomic E-state index is 13.7. The van der Waals surface area contributed by atoms with E-state index in [1.165, 1.54) is 24.4 Å². The summed E-state index contributed by atoms with van der Waals surface area (Å²) in [6.07, 6.45) is -2.52. The first kappa shape index (κ1) is 14.2. The molecular formula is C14H9F4N3O. The maximum atomic E-state index is 13.7.